The molecule has 0 atom stereocenters. The Bertz CT molecular complexity index is 708. The molecule has 0 aliphatic heterocycles. The van der Waals surface area contributed by atoms with Gasteiger partial charge in [-0.2, -0.15) is 5.10 Å². The molecular weight excluding hydrogens is 248 g/mol. The molecule has 0 saturated carbocycles. The maximum atomic E-state index is 4.22. The van der Waals surface area contributed by atoms with E-state index in [-0.39, 0.29) is 0 Å². The molecule has 0 spiro atoms. The first-order valence-corrected chi connectivity index (χ1v) is 6.97. The molecular formula is C16H20N4. The first-order valence-electron chi connectivity index (χ1n) is 6.97. The molecule has 0 fully saturated rings. The van der Waals surface area contributed by atoms with Crippen LogP contribution in [-0.4, -0.2) is 21.4 Å². The molecule has 20 heavy (non-hydrogen) atoms. The van der Waals surface area contributed by atoms with Crippen molar-refractivity contribution in [1.82, 2.24) is 19.7 Å². The molecule has 4 nitrogen and oxygen atoms in total. The SMILES string of the molecule is CNCc1ccc2ccn(CCc3ccnn3C)c2c1. The van der Waals surface area contributed by atoms with Crippen molar-refractivity contribution in [3.8, 4) is 0 Å². The highest BCUT2D eigenvalue weighted by Gasteiger charge is 2.04. The van der Waals surface area contributed by atoms with E-state index in [0.29, 0.717) is 0 Å². The van der Waals surface area contributed by atoms with Crippen molar-refractivity contribution in [1.29, 1.82) is 0 Å². The number of hydrogen-bond acceptors (Lipinski definition) is 2. The zero-order chi connectivity index (χ0) is 13.9. The average molecular weight is 268 g/mol. The molecule has 0 aliphatic carbocycles. The fourth-order valence-electron chi connectivity index (χ4n) is 2.62. The third-order valence-electron chi connectivity index (χ3n) is 3.75. The largest absolute Gasteiger partial charge is 0.347 e. The van der Waals surface area contributed by atoms with Gasteiger partial charge >= 0.3 is 0 Å². The lowest BCUT2D eigenvalue weighted by atomic mass is 10.1. The number of aryl methyl sites for hydroxylation is 3. The van der Waals surface area contributed by atoms with Crippen molar-refractivity contribution in [2.45, 2.75) is 19.5 Å². The van der Waals surface area contributed by atoms with Gasteiger partial charge in [-0.05, 0) is 36.2 Å². The number of aromatic nitrogens is 3. The molecule has 1 aromatic carbocycles. The van der Waals surface area contributed by atoms with Crippen molar-refractivity contribution in [3.63, 3.8) is 0 Å². The van der Waals surface area contributed by atoms with Crippen LogP contribution in [0.2, 0.25) is 0 Å². The summed E-state index contributed by atoms with van der Waals surface area (Å²) >= 11 is 0. The molecule has 2 heterocycles. The lowest BCUT2D eigenvalue weighted by Crippen LogP contribution is -2.06. The Labute approximate surface area is 119 Å². The molecule has 2 aromatic heterocycles. The quantitative estimate of drug-likeness (QED) is 0.771. The van der Waals surface area contributed by atoms with Crippen LogP contribution >= 0.6 is 0 Å². The van der Waals surface area contributed by atoms with Gasteiger partial charge in [-0.1, -0.05) is 12.1 Å². The fraction of sp³-hybridized carbons (Fsp3) is 0.312. The second kappa shape index (κ2) is 5.51. The average Bonchev–Trinajstić information content (AvgIpc) is 3.03. The summed E-state index contributed by atoms with van der Waals surface area (Å²) in [4.78, 5) is 0. The van der Waals surface area contributed by atoms with E-state index in [4.69, 9.17) is 0 Å². The van der Waals surface area contributed by atoms with E-state index < -0.39 is 0 Å². The smallest absolute Gasteiger partial charge is 0.0492 e. The van der Waals surface area contributed by atoms with E-state index in [1.807, 2.05) is 25.0 Å². The molecule has 0 saturated heterocycles. The van der Waals surface area contributed by atoms with Crippen LogP contribution < -0.4 is 5.32 Å². The Kier molecular flexibility index (Phi) is 3.56. The second-order valence-corrected chi connectivity index (χ2v) is 5.13. The summed E-state index contributed by atoms with van der Waals surface area (Å²) in [7, 11) is 3.97. The van der Waals surface area contributed by atoms with Crippen LogP contribution in [0.25, 0.3) is 10.9 Å². The standard InChI is InChI=1S/C16H20N4/c1-17-12-13-3-4-14-6-9-20(16(14)11-13)10-7-15-5-8-18-19(15)2/h3-6,8-9,11,17H,7,10,12H2,1-2H3. The molecule has 0 unspecified atom stereocenters. The highest BCUT2D eigenvalue weighted by Crippen LogP contribution is 2.18. The van der Waals surface area contributed by atoms with E-state index >= 15 is 0 Å². The minimum Gasteiger partial charge on any atom is -0.347 e. The summed E-state index contributed by atoms with van der Waals surface area (Å²) in [6.07, 6.45) is 5.02. The first-order chi connectivity index (χ1) is 9.78. The first kappa shape index (κ1) is 12.9. The van der Waals surface area contributed by atoms with Gasteiger partial charge in [0.2, 0.25) is 0 Å². The van der Waals surface area contributed by atoms with Gasteiger partial charge in [-0.3, -0.25) is 4.68 Å². The third kappa shape index (κ3) is 2.47. The summed E-state index contributed by atoms with van der Waals surface area (Å²) in [5.41, 5.74) is 3.89. The number of nitrogens with one attached hydrogen (secondary N) is 1. The Hall–Kier alpha value is -2.07. The molecule has 0 radical (unpaired) electrons. The van der Waals surface area contributed by atoms with Crippen LogP contribution in [0.1, 0.15) is 11.3 Å². The van der Waals surface area contributed by atoms with Crippen molar-refractivity contribution >= 4 is 10.9 Å². The van der Waals surface area contributed by atoms with Crippen molar-refractivity contribution < 1.29 is 0 Å². The van der Waals surface area contributed by atoms with Crippen molar-refractivity contribution in [3.05, 3.63) is 54.0 Å². The highest BCUT2D eigenvalue weighted by atomic mass is 15.3. The summed E-state index contributed by atoms with van der Waals surface area (Å²) in [5.74, 6) is 0. The highest BCUT2D eigenvalue weighted by molar-refractivity contribution is 5.80. The van der Waals surface area contributed by atoms with E-state index in [1.54, 1.807) is 0 Å². The lowest BCUT2D eigenvalue weighted by molar-refractivity contribution is 0.649. The molecule has 1 N–H and O–H groups in total. The van der Waals surface area contributed by atoms with Gasteiger partial charge in [0.15, 0.2) is 0 Å². The van der Waals surface area contributed by atoms with Gasteiger partial charge in [-0.15, -0.1) is 0 Å². The van der Waals surface area contributed by atoms with E-state index in [0.717, 1.165) is 19.5 Å². The monoisotopic (exact) mass is 268 g/mol. The number of benzene rings is 1. The number of hydrogen-bond donors (Lipinski definition) is 1. The normalized spacial score (nSPS) is 11.3. The summed E-state index contributed by atoms with van der Waals surface area (Å²) in [6, 6.07) is 10.9. The molecule has 4 heteroatoms. The van der Waals surface area contributed by atoms with Gasteiger partial charge in [0.05, 0.1) is 0 Å². The Balaban J connectivity index is 1.84. The van der Waals surface area contributed by atoms with Crippen LogP contribution in [0.5, 0.6) is 0 Å². The summed E-state index contributed by atoms with van der Waals surface area (Å²) < 4.78 is 4.26. The zero-order valence-corrected chi connectivity index (χ0v) is 12.0. The molecule has 104 valence electrons. The number of rotatable bonds is 5. The molecule has 0 amide bonds. The van der Waals surface area contributed by atoms with E-state index in [9.17, 15) is 0 Å². The minimum absolute atomic E-state index is 0.906. The van der Waals surface area contributed by atoms with Crippen LogP contribution in [0.15, 0.2) is 42.7 Å². The van der Waals surface area contributed by atoms with Crippen LogP contribution in [0, 0.1) is 0 Å². The molecule has 3 aromatic rings. The summed E-state index contributed by atoms with van der Waals surface area (Å²) in [5, 5.41) is 8.72. The summed E-state index contributed by atoms with van der Waals surface area (Å²) in [6.45, 7) is 1.88. The van der Waals surface area contributed by atoms with Crippen LogP contribution in [-0.2, 0) is 26.6 Å². The van der Waals surface area contributed by atoms with Crippen molar-refractivity contribution in [2.75, 3.05) is 7.05 Å². The van der Waals surface area contributed by atoms with E-state index in [2.05, 4.69) is 51.5 Å². The predicted molar refractivity (Wildman–Crippen MR) is 81.6 cm³/mol. The molecule has 3 rings (SSSR count). The number of nitrogens with zero attached hydrogens (tertiary/aromatic N) is 3. The predicted octanol–water partition coefficient (Wildman–Crippen LogP) is 2.34. The van der Waals surface area contributed by atoms with Gasteiger partial charge in [0, 0.05) is 50.2 Å². The van der Waals surface area contributed by atoms with E-state index in [1.165, 1.54) is 22.2 Å². The number of fused-ring (bicyclic) bond motifs is 1. The second-order valence-electron chi connectivity index (χ2n) is 5.13. The fourth-order valence-corrected chi connectivity index (χ4v) is 2.62. The topological polar surface area (TPSA) is 34.8 Å². The maximum absolute atomic E-state index is 4.22. The van der Waals surface area contributed by atoms with Crippen LogP contribution in [0.3, 0.4) is 0 Å². The van der Waals surface area contributed by atoms with Crippen molar-refractivity contribution in [2.24, 2.45) is 7.05 Å². The third-order valence-corrected chi connectivity index (χ3v) is 3.75. The minimum atomic E-state index is 0.906. The Morgan fingerprint density at radius 2 is 2.10 bits per heavy atom. The molecule has 0 aliphatic rings. The Morgan fingerprint density at radius 3 is 2.85 bits per heavy atom. The van der Waals surface area contributed by atoms with Gasteiger partial charge in [0.1, 0.15) is 0 Å². The van der Waals surface area contributed by atoms with Gasteiger partial charge in [-0.25, -0.2) is 0 Å². The van der Waals surface area contributed by atoms with Gasteiger partial charge in [0.25, 0.3) is 0 Å². The lowest BCUT2D eigenvalue weighted by Gasteiger charge is -2.07. The molecule has 0 bridgehead atoms. The maximum Gasteiger partial charge on any atom is 0.0492 e. The Morgan fingerprint density at radius 1 is 1.20 bits per heavy atom. The zero-order valence-electron chi connectivity index (χ0n) is 12.0. The van der Waals surface area contributed by atoms with Gasteiger partial charge < -0.3 is 9.88 Å². The van der Waals surface area contributed by atoms with Crippen LogP contribution in [0.4, 0.5) is 0 Å².